The molecule has 19 heavy (non-hydrogen) atoms. The van der Waals surface area contributed by atoms with E-state index in [1.54, 1.807) is 6.07 Å². The minimum atomic E-state index is -2.50. The lowest BCUT2D eigenvalue weighted by molar-refractivity contribution is 0.0572. The van der Waals surface area contributed by atoms with E-state index in [4.69, 9.17) is 0 Å². The van der Waals surface area contributed by atoms with E-state index in [2.05, 4.69) is 15.9 Å². The molecule has 0 N–H and O–H groups in total. The largest absolute Gasteiger partial charge is 0.332 e. The molecule has 2 nitrogen and oxygen atoms in total. The molecule has 1 aromatic rings. The summed E-state index contributed by atoms with van der Waals surface area (Å²) < 4.78 is 25.0. The molecule has 2 rings (SSSR count). The average Bonchev–Trinajstić information content (AvgIpc) is 2.84. The molecule has 5 heteroatoms. The molecule has 1 aromatic carbocycles. The Balaban J connectivity index is 2.16. The molecule has 0 radical (unpaired) electrons. The topological polar surface area (TPSA) is 20.3 Å². The van der Waals surface area contributed by atoms with Gasteiger partial charge in [-0.25, -0.2) is 8.78 Å². The Morgan fingerprint density at radius 3 is 2.74 bits per heavy atom. The molecule has 104 valence electrons. The van der Waals surface area contributed by atoms with Gasteiger partial charge in [0.25, 0.3) is 12.3 Å². The lowest BCUT2D eigenvalue weighted by Crippen LogP contribution is -2.36. The Hall–Kier alpha value is -0.970. The number of hydrogen-bond donors (Lipinski definition) is 0. The van der Waals surface area contributed by atoms with Gasteiger partial charge in [-0.05, 0) is 42.5 Å². The Morgan fingerprint density at radius 1 is 1.32 bits per heavy atom. The number of benzene rings is 1. The zero-order valence-electron chi connectivity index (χ0n) is 10.5. The Morgan fingerprint density at radius 2 is 2.05 bits per heavy atom. The van der Waals surface area contributed by atoms with Crippen LogP contribution in [0.1, 0.15) is 27.9 Å². The first-order chi connectivity index (χ1) is 9.11. The number of carbonyl (C=O) groups excluding carboxylic acids is 1. The molecule has 0 unspecified atom stereocenters. The normalized spacial score (nSPS) is 13.7. The van der Waals surface area contributed by atoms with Gasteiger partial charge in [0.15, 0.2) is 0 Å². The van der Waals surface area contributed by atoms with Crippen LogP contribution in [0, 0.1) is 0 Å². The summed E-state index contributed by atoms with van der Waals surface area (Å²) in [5.41, 5.74) is 2.97. The van der Waals surface area contributed by atoms with Crippen LogP contribution in [0.4, 0.5) is 8.78 Å². The van der Waals surface area contributed by atoms with E-state index in [1.165, 1.54) is 16.0 Å². The predicted molar refractivity (Wildman–Crippen MR) is 74.2 cm³/mol. The summed E-state index contributed by atoms with van der Waals surface area (Å²) in [5.74, 6) is -0.311. The maximum absolute atomic E-state index is 12.5. The monoisotopic (exact) mass is 331 g/mol. The molecule has 0 spiro atoms. The molecule has 0 fully saturated rings. The van der Waals surface area contributed by atoms with Crippen molar-refractivity contribution in [3.05, 3.63) is 34.9 Å². The summed E-state index contributed by atoms with van der Waals surface area (Å²) in [7, 11) is 0. The highest BCUT2D eigenvalue weighted by atomic mass is 79.9. The number of rotatable bonds is 5. The van der Waals surface area contributed by atoms with Crippen molar-refractivity contribution in [3.63, 3.8) is 0 Å². The molecule has 0 aromatic heterocycles. The van der Waals surface area contributed by atoms with Crippen LogP contribution in [-0.4, -0.2) is 35.7 Å². The van der Waals surface area contributed by atoms with E-state index in [1.807, 2.05) is 12.1 Å². The van der Waals surface area contributed by atoms with Crippen molar-refractivity contribution >= 4 is 21.8 Å². The van der Waals surface area contributed by atoms with E-state index < -0.39 is 13.0 Å². The van der Waals surface area contributed by atoms with Gasteiger partial charge in [-0.15, -0.1) is 0 Å². The maximum Gasteiger partial charge on any atom is 0.255 e. The predicted octanol–water partition coefficient (Wildman–Crippen LogP) is 3.28. The van der Waals surface area contributed by atoms with Gasteiger partial charge in [-0.1, -0.05) is 22.0 Å². The summed E-state index contributed by atoms with van der Waals surface area (Å²) in [6.07, 6.45) is 0.627. The lowest BCUT2D eigenvalue weighted by Gasteiger charge is -2.21. The maximum atomic E-state index is 12.5. The van der Waals surface area contributed by atoms with E-state index in [-0.39, 0.29) is 5.91 Å². The fourth-order valence-electron chi connectivity index (χ4n) is 2.43. The van der Waals surface area contributed by atoms with E-state index >= 15 is 0 Å². The van der Waals surface area contributed by atoms with Gasteiger partial charge in [0.2, 0.25) is 0 Å². The summed E-state index contributed by atoms with van der Waals surface area (Å²) in [5, 5.41) is 0.496. The third-order valence-corrected chi connectivity index (χ3v) is 3.70. The van der Waals surface area contributed by atoms with Crippen LogP contribution in [0.3, 0.4) is 0 Å². The van der Waals surface area contributed by atoms with Crippen molar-refractivity contribution in [1.29, 1.82) is 0 Å². The smallest absolute Gasteiger partial charge is 0.255 e. The first-order valence-corrected chi connectivity index (χ1v) is 7.49. The number of alkyl halides is 3. The first-order valence-electron chi connectivity index (χ1n) is 6.37. The highest BCUT2D eigenvalue weighted by molar-refractivity contribution is 9.09. The molecule has 0 bridgehead atoms. The van der Waals surface area contributed by atoms with Crippen LogP contribution in [0.2, 0.25) is 0 Å². The average molecular weight is 332 g/mol. The van der Waals surface area contributed by atoms with Crippen LogP contribution in [0.25, 0.3) is 0 Å². The molecule has 1 aliphatic carbocycles. The van der Waals surface area contributed by atoms with Gasteiger partial charge in [0.1, 0.15) is 0 Å². The Kier molecular flexibility index (Phi) is 4.91. The Labute approximate surface area is 119 Å². The van der Waals surface area contributed by atoms with Crippen molar-refractivity contribution in [2.75, 3.05) is 18.4 Å². The van der Waals surface area contributed by atoms with Crippen LogP contribution >= 0.6 is 15.9 Å². The van der Waals surface area contributed by atoms with Crippen LogP contribution in [0.15, 0.2) is 18.2 Å². The van der Waals surface area contributed by atoms with Gasteiger partial charge in [-0.3, -0.25) is 4.79 Å². The van der Waals surface area contributed by atoms with Gasteiger partial charge >= 0.3 is 0 Å². The highest BCUT2D eigenvalue weighted by Crippen LogP contribution is 2.23. The van der Waals surface area contributed by atoms with Crippen LogP contribution in [0.5, 0.6) is 0 Å². The van der Waals surface area contributed by atoms with Crippen molar-refractivity contribution in [1.82, 2.24) is 4.90 Å². The van der Waals surface area contributed by atoms with E-state index in [0.717, 1.165) is 19.3 Å². The number of fused-ring (bicyclic) bond motifs is 1. The second-order valence-electron chi connectivity index (χ2n) is 4.67. The summed E-state index contributed by atoms with van der Waals surface area (Å²) in [6, 6.07) is 5.56. The van der Waals surface area contributed by atoms with Crippen molar-refractivity contribution in [2.45, 2.75) is 25.7 Å². The fourth-order valence-corrected chi connectivity index (χ4v) is 2.86. The number of hydrogen-bond acceptors (Lipinski definition) is 1. The van der Waals surface area contributed by atoms with Crippen LogP contribution < -0.4 is 0 Å². The molecule has 1 aliphatic rings. The molecule has 0 heterocycles. The molecule has 0 saturated carbocycles. The van der Waals surface area contributed by atoms with Gasteiger partial charge in [-0.2, -0.15) is 0 Å². The summed E-state index contributed by atoms with van der Waals surface area (Å²) in [4.78, 5) is 13.4. The lowest BCUT2D eigenvalue weighted by atomic mass is 10.1. The minimum Gasteiger partial charge on any atom is -0.332 e. The number of nitrogens with zero attached hydrogens (tertiary/aromatic N) is 1. The molecule has 1 amide bonds. The summed E-state index contributed by atoms with van der Waals surface area (Å²) >= 11 is 3.19. The van der Waals surface area contributed by atoms with E-state index in [0.29, 0.717) is 17.4 Å². The zero-order valence-corrected chi connectivity index (χ0v) is 12.1. The van der Waals surface area contributed by atoms with Gasteiger partial charge in [0, 0.05) is 17.4 Å². The summed E-state index contributed by atoms with van der Waals surface area (Å²) in [6.45, 7) is -0.220. The second-order valence-corrected chi connectivity index (χ2v) is 5.46. The second kappa shape index (κ2) is 6.46. The molecule has 0 aliphatic heterocycles. The fraction of sp³-hybridized carbons (Fsp3) is 0.500. The van der Waals surface area contributed by atoms with Crippen molar-refractivity contribution in [2.24, 2.45) is 0 Å². The van der Waals surface area contributed by atoms with Crippen LogP contribution in [-0.2, 0) is 12.8 Å². The van der Waals surface area contributed by atoms with Crippen molar-refractivity contribution < 1.29 is 13.6 Å². The van der Waals surface area contributed by atoms with Crippen molar-refractivity contribution in [3.8, 4) is 0 Å². The number of amides is 1. The van der Waals surface area contributed by atoms with E-state index in [9.17, 15) is 13.6 Å². The quantitative estimate of drug-likeness (QED) is 0.758. The standard InChI is InChI=1S/C14H16BrF2NO/c15-6-7-18(9-13(16)17)14(19)12-5-4-10-2-1-3-11(10)8-12/h4-5,8,13H,1-3,6-7,9H2. The zero-order chi connectivity index (χ0) is 13.8. The molecular weight excluding hydrogens is 316 g/mol. The van der Waals surface area contributed by atoms with Gasteiger partial charge < -0.3 is 4.90 Å². The first kappa shape index (κ1) is 14.4. The third-order valence-electron chi connectivity index (χ3n) is 3.35. The third kappa shape index (κ3) is 3.53. The Bertz CT molecular complexity index is 465. The molecular formula is C14H16BrF2NO. The number of aryl methyl sites for hydroxylation is 2. The SMILES string of the molecule is O=C(c1ccc2c(c1)CCC2)N(CCBr)CC(F)F. The number of carbonyl (C=O) groups is 1. The van der Waals surface area contributed by atoms with Gasteiger partial charge in [0.05, 0.1) is 6.54 Å². The minimum absolute atomic E-state index is 0.292. The number of halogens is 3. The molecule has 0 atom stereocenters. The highest BCUT2D eigenvalue weighted by Gasteiger charge is 2.21. The molecule has 0 saturated heterocycles.